The van der Waals surface area contributed by atoms with Gasteiger partial charge in [-0.25, -0.2) is 0 Å². The number of likely N-dealkylation sites (tertiary alicyclic amines) is 1. The number of carbonyl (C=O) groups excluding carboxylic acids is 1. The van der Waals surface area contributed by atoms with Crippen LogP contribution in [0.25, 0.3) is 0 Å². The van der Waals surface area contributed by atoms with Crippen molar-refractivity contribution in [2.45, 2.75) is 25.8 Å². The van der Waals surface area contributed by atoms with Crippen molar-refractivity contribution in [3.63, 3.8) is 0 Å². The van der Waals surface area contributed by atoms with Gasteiger partial charge in [0.05, 0.1) is 0 Å². The number of piperazine rings is 1. The van der Waals surface area contributed by atoms with Crippen LogP contribution in [0.15, 0.2) is 54.6 Å². The highest BCUT2D eigenvalue weighted by Crippen LogP contribution is 2.27. The normalized spacial score (nSPS) is 20.1. The van der Waals surface area contributed by atoms with E-state index in [1.165, 1.54) is 0 Å². The molecule has 2 aliphatic rings. The largest absolute Gasteiger partial charge is 0.457 e. The van der Waals surface area contributed by atoms with Gasteiger partial charge in [-0.1, -0.05) is 24.3 Å². The van der Waals surface area contributed by atoms with Crippen molar-refractivity contribution >= 4 is 5.91 Å². The molecule has 0 radical (unpaired) electrons. The molecule has 0 N–H and O–H groups in total. The van der Waals surface area contributed by atoms with Gasteiger partial charge in [-0.3, -0.25) is 9.69 Å². The maximum Gasteiger partial charge on any atom is 0.253 e. The zero-order chi connectivity index (χ0) is 20.9. The summed E-state index contributed by atoms with van der Waals surface area (Å²) in [7, 11) is 2.20. The van der Waals surface area contributed by atoms with E-state index in [1.54, 1.807) is 0 Å². The Bertz CT molecular complexity index is 825. The predicted molar refractivity (Wildman–Crippen MR) is 120 cm³/mol. The van der Waals surface area contributed by atoms with Gasteiger partial charge in [0.15, 0.2) is 0 Å². The van der Waals surface area contributed by atoms with E-state index in [4.69, 9.17) is 4.74 Å². The molecule has 1 unspecified atom stereocenters. The minimum atomic E-state index is 0.110. The Morgan fingerprint density at radius 3 is 2.27 bits per heavy atom. The van der Waals surface area contributed by atoms with Crippen LogP contribution in [0.1, 0.15) is 30.1 Å². The minimum Gasteiger partial charge on any atom is -0.457 e. The summed E-state index contributed by atoms with van der Waals surface area (Å²) < 4.78 is 5.90. The molecule has 4 rings (SSSR count). The first-order chi connectivity index (χ1) is 14.6. The van der Waals surface area contributed by atoms with Crippen LogP contribution in [0.2, 0.25) is 0 Å². The van der Waals surface area contributed by atoms with Crippen LogP contribution < -0.4 is 4.74 Å². The van der Waals surface area contributed by atoms with E-state index in [2.05, 4.69) is 23.8 Å². The van der Waals surface area contributed by atoms with Crippen molar-refractivity contribution in [2.24, 2.45) is 5.92 Å². The van der Waals surface area contributed by atoms with Crippen molar-refractivity contribution in [2.75, 3.05) is 46.3 Å². The SMILES string of the molecule is CC(C1CCN(C(=O)c2cccc(Oc3ccccc3)c2)CC1)N1CCN(C)CC1. The van der Waals surface area contributed by atoms with Gasteiger partial charge in [0.1, 0.15) is 11.5 Å². The van der Waals surface area contributed by atoms with Crippen molar-refractivity contribution in [3.8, 4) is 11.5 Å². The molecule has 1 amide bonds. The monoisotopic (exact) mass is 407 g/mol. The lowest BCUT2D eigenvalue weighted by Crippen LogP contribution is -2.52. The van der Waals surface area contributed by atoms with Crippen molar-refractivity contribution < 1.29 is 9.53 Å². The molecule has 0 saturated carbocycles. The van der Waals surface area contributed by atoms with Crippen molar-refractivity contribution in [1.29, 1.82) is 0 Å². The lowest BCUT2D eigenvalue weighted by molar-refractivity contribution is 0.0500. The maximum absolute atomic E-state index is 13.1. The van der Waals surface area contributed by atoms with E-state index >= 15 is 0 Å². The van der Waals surface area contributed by atoms with E-state index in [0.717, 1.165) is 57.9 Å². The maximum atomic E-state index is 13.1. The van der Waals surface area contributed by atoms with Crippen LogP contribution in [0, 0.1) is 5.92 Å². The molecule has 2 aliphatic heterocycles. The second kappa shape index (κ2) is 9.63. The standard InChI is InChI=1S/C25H33N3O2/c1-20(27-17-15-26(2)16-18-27)21-11-13-28(14-12-21)25(29)22-7-6-10-24(19-22)30-23-8-4-3-5-9-23/h3-10,19-21H,11-18H2,1-2H3. The number of hydrogen-bond acceptors (Lipinski definition) is 4. The lowest BCUT2D eigenvalue weighted by Gasteiger charge is -2.42. The van der Waals surface area contributed by atoms with Gasteiger partial charge in [0.2, 0.25) is 0 Å². The Kier molecular flexibility index (Phi) is 6.70. The second-order valence-electron chi connectivity index (χ2n) is 8.65. The van der Waals surface area contributed by atoms with E-state index in [-0.39, 0.29) is 5.91 Å². The summed E-state index contributed by atoms with van der Waals surface area (Å²) in [5, 5.41) is 0. The summed E-state index contributed by atoms with van der Waals surface area (Å²) in [5.74, 6) is 2.26. The molecule has 5 nitrogen and oxygen atoms in total. The average Bonchev–Trinajstić information content (AvgIpc) is 2.80. The number of ether oxygens (including phenoxy) is 1. The third kappa shape index (κ3) is 5.02. The third-order valence-corrected chi connectivity index (χ3v) is 6.68. The van der Waals surface area contributed by atoms with Gasteiger partial charge in [-0.2, -0.15) is 0 Å². The quantitative estimate of drug-likeness (QED) is 0.752. The van der Waals surface area contributed by atoms with Gasteiger partial charge in [-0.15, -0.1) is 0 Å². The number of carbonyl (C=O) groups is 1. The highest BCUT2D eigenvalue weighted by atomic mass is 16.5. The van der Waals surface area contributed by atoms with Crippen molar-refractivity contribution in [3.05, 3.63) is 60.2 Å². The Hall–Kier alpha value is -2.37. The Balaban J connectivity index is 1.32. The van der Waals surface area contributed by atoms with Gasteiger partial charge in [-0.05, 0) is 63.1 Å². The Morgan fingerprint density at radius 2 is 1.57 bits per heavy atom. The number of rotatable bonds is 5. The fourth-order valence-corrected chi connectivity index (χ4v) is 4.61. The smallest absolute Gasteiger partial charge is 0.253 e. The summed E-state index contributed by atoms with van der Waals surface area (Å²) in [6.07, 6.45) is 2.17. The zero-order valence-corrected chi connectivity index (χ0v) is 18.2. The fourth-order valence-electron chi connectivity index (χ4n) is 4.61. The summed E-state index contributed by atoms with van der Waals surface area (Å²) in [4.78, 5) is 20.1. The van der Waals surface area contributed by atoms with E-state index in [0.29, 0.717) is 23.3 Å². The van der Waals surface area contributed by atoms with Gasteiger partial charge >= 0.3 is 0 Å². The molecule has 0 spiro atoms. The number of para-hydroxylation sites is 1. The molecule has 1 atom stereocenters. The molecule has 2 aromatic carbocycles. The molecule has 2 heterocycles. The Labute approximate surface area is 180 Å². The van der Waals surface area contributed by atoms with Gasteiger partial charge in [0.25, 0.3) is 5.91 Å². The number of benzene rings is 2. The molecule has 2 saturated heterocycles. The van der Waals surface area contributed by atoms with Gasteiger partial charge < -0.3 is 14.5 Å². The van der Waals surface area contributed by atoms with E-state index in [1.807, 2.05) is 59.5 Å². The van der Waals surface area contributed by atoms with Crippen LogP contribution in [-0.4, -0.2) is 73.0 Å². The van der Waals surface area contributed by atoms with Crippen LogP contribution in [0.3, 0.4) is 0 Å². The second-order valence-corrected chi connectivity index (χ2v) is 8.65. The average molecular weight is 408 g/mol. The topological polar surface area (TPSA) is 36.0 Å². The highest BCUT2D eigenvalue weighted by Gasteiger charge is 2.30. The fraction of sp³-hybridized carbons (Fsp3) is 0.480. The van der Waals surface area contributed by atoms with E-state index < -0.39 is 0 Å². The molecule has 30 heavy (non-hydrogen) atoms. The minimum absolute atomic E-state index is 0.110. The summed E-state index contributed by atoms with van der Waals surface area (Å²) in [6, 6.07) is 17.8. The molecule has 0 bridgehead atoms. The Morgan fingerprint density at radius 1 is 0.900 bits per heavy atom. The molecular formula is C25H33N3O2. The zero-order valence-electron chi connectivity index (χ0n) is 18.2. The number of amides is 1. The molecule has 0 aromatic heterocycles. The number of nitrogens with zero attached hydrogens (tertiary/aromatic N) is 3. The number of piperidine rings is 1. The van der Waals surface area contributed by atoms with Gasteiger partial charge in [0, 0.05) is 50.9 Å². The molecule has 160 valence electrons. The highest BCUT2D eigenvalue weighted by molar-refractivity contribution is 5.94. The van der Waals surface area contributed by atoms with Crippen LogP contribution in [0.4, 0.5) is 0 Å². The third-order valence-electron chi connectivity index (χ3n) is 6.68. The first kappa shape index (κ1) is 20.9. The first-order valence-corrected chi connectivity index (χ1v) is 11.1. The van der Waals surface area contributed by atoms with E-state index in [9.17, 15) is 4.79 Å². The lowest BCUT2D eigenvalue weighted by atomic mass is 9.88. The molecule has 0 aliphatic carbocycles. The molecule has 2 aromatic rings. The number of likely N-dealkylation sites (N-methyl/N-ethyl adjacent to an activating group) is 1. The summed E-state index contributed by atoms with van der Waals surface area (Å²) in [6.45, 7) is 8.68. The molecular weight excluding hydrogens is 374 g/mol. The summed E-state index contributed by atoms with van der Waals surface area (Å²) in [5.41, 5.74) is 0.703. The van der Waals surface area contributed by atoms with Crippen LogP contribution >= 0.6 is 0 Å². The summed E-state index contributed by atoms with van der Waals surface area (Å²) >= 11 is 0. The predicted octanol–water partition coefficient (Wildman–Crippen LogP) is 3.97. The number of hydrogen-bond donors (Lipinski definition) is 0. The first-order valence-electron chi connectivity index (χ1n) is 11.1. The van der Waals surface area contributed by atoms with Crippen LogP contribution in [-0.2, 0) is 0 Å². The van der Waals surface area contributed by atoms with Crippen LogP contribution in [0.5, 0.6) is 11.5 Å². The molecule has 5 heteroatoms. The molecule has 2 fully saturated rings. The van der Waals surface area contributed by atoms with Crippen molar-refractivity contribution in [1.82, 2.24) is 14.7 Å².